The highest BCUT2D eigenvalue weighted by molar-refractivity contribution is 5.05. The molecule has 0 unspecified atom stereocenters. The first-order chi connectivity index (χ1) is 7.35. The van der Waals surface area contributed by atoms with Gasteiger partial charge in [-0.3, -0.25) is 0 Å². The molecule has 2 heteroatoms. The van der Waals surface area contributed by atoms with Gasteiger partial charge in [-0.05, 0) is 25.0 Å². The molecular formula is C13H22O2. The molecular weight excluding hydrogens is 188 g/mol. The number of hydrogen-bond acceptors (Lipinski definition) is 2. The Morgan fingerprint density at radius 1 is 1.40 bits per heavy atom. The van der Waals surface area contributed by atoms with Gasteiger partial charge in [0.05, 0.1) is 25.7 Å². The van der Waals surface area contributed by atoms with Crippen molar-refractivity contribution in [2.45, 2.75) is 32.6 Å². The first kappa shape index (κ1) is 13.8. The van der Waals surface area contributed by atoms with Crippen molar-refractivity contribution in [3.05, 3.63) is 36.8 Å². The van der Waals surface area contributed by atoms with Crippen LogP contribution >= 0.6 is 0 Å². The standard InChI is InChI=1S/C13H22O2/c1-4-6-9-13(14-3)10-8-12-15-11-7-5-2/h5,8,10,12H,2,4,6-7,9,11H2,1,3H3/b12-8-,13-10-. The molecule has 0 heterocycles. The van der Waals surface area contributed by atoms with E-state index in [0.717, 1.165) is 25.0 Å². The Kier molecular flexibility index (Phi) is 10.0. The van der Waals surface area contributed by atoms with Crippen molar-refractivity contribution in [2.75, 3.05) is 13.7 Å². The topological polar surface area (TPSA) is 18.5 Å². The summed E-state index contributed by atoms with van der Waals surface area (Å²) >= 11 is 0. The minimum Gasteiger partial charge on any atom is -0.501 e. The van der Waals surface area contributed by atoms with Crippen LogP contribution in [-0.2, 0) is 9.47 Å². The zero-order chi connectivity index (χ0) is 11.4. The van der Waals surface area contributed by atoms with E-state index in [0.29, 0.717) is 6.61 Å². The number of ether oxygens (including phenoxy) is 2. The Morgan fingerprint density at radius 3 is 2.80 bits per heavy atom. The van der Waals surface area contributed by atoms with Gasteiger partial charge < -0.3 is 9.47 Å². The fourth-order valence-electron chi connectivity index (χ4n) is 1.03. The minimum absolute atomic E-state index is 0.686. The second kappa shape index (κ2) is 10.9. The number of rotatable bonds is 9. The van der Waals surface area contributed by atoms with Crippen LogP contribution in [0.3, 0.4) is 0 Å². The summed E-state index contributed by atoms with van der Waals surface area (Å²) in [6, 6.07) is 0. The molecule has 0 aliphatic carbocycles. The first-order valence-corrected chi connectivity index (χ1v) is 5.47. The van der Waals surface area contributed by atoms with Gasteiger partial charge in [0.15, 0.2) is 0 Å². The van der Waals surface area contributed by atoms with E-state index in [-0.39, 0.29) is 0 Å². The molecule has 0 saturated carbocycles. The lowest BCUT2D eigenvalue weighted by atomic mass is 10.2. The van der Waals surface area contributed by atoms with Crippen molar-refractivity contribution in [1.82, 2.24) is 0 Å². The summed E-state index contributed by atoms with van der Waals surface area (Å²) in [5.41, 5.74) is 0. The molecule has 0 aromatic heterocycles. The Morgan fingerprint density at radius 2 is 2.20 bits per heavy atom. The van der Waals surface area contributed by atoms with E-state index >= 15 is 0 Å². The van der Waals surface area contributed by atoms with Crippen LogP contribution in [0.4, 0.5) is 0 Å². The lowest BCUT2D eigenvalue weighted by Gasteiger charge is -2.03. The van der Waals surface area contributed by atoms with Crippen LogP contribution in [0.2, 0.25) is 0 Å². The second-order valence-electron chi connectivity index (χ2n) is 3.22. The predicted octanol–water partition coefficient (Wildman–Crippen LogP) is 3.81. The SMILES string of the molecule is C=CCCO/C=C\C=C(\CCCC)OC. The molecule has 0 radical (unpaired) electrons. The number of methoxy groups -OCH3 is 1. The Labute approximate surface area is 93.3 Å². The molecule has 0 aliphatic heterocycles. The van der Waals surface area contributed by atoms with Gasteiger partial charge in [0, 0.05) is 6.42 Å². The highest BCUT2D eigenvalue weighted by Crippen LogP contribution is 2.07. The zero-order valence-corrected chi connectivity index (χ0v) is 9.87. The van der Waals surface area contributed by atoms with Gasteiger partial charge in [0.25, 0.3) is 0 Å². The fourth-order valence-corrected chi connectivity index (χ4v) is 1.03. The first-order valence-electron chi connectivity index (χ1n) is 5.47. The van der Waals surface area contributed by atoms with Crippen LogP contribution in [0.1, 0.15) is 32.6 Å². The molecule has 86 valence electrons. The lowest BCUT2D eigenvalue weighted by molar-refractivity contribution is 0.255. The van der Waals surface area contributed by atoms with Crippen LogP contribution < -0.4 is 0 Å². The van der Waals surface area contributed by atoms with Gasteiger partial charge in [-0.15, -0.1) is 6.58 Å². The highest BCUT2D eigenvalue weighted by atomic mass is 16.5. The van der Waals surface area contributed by atoms with E-state index < -0.39 is 0 Å². The largest absolute Gasteiger partial charge is 0.501 e. The summed E-state index contributed by atoms with van der Waals surface area (Å²) in [6.07, 6.45) is 11.6. The van der Waals surface area contributed by atoms with Crippen LogP contribution in [0.5, 0.6) is 0 Å². The van der Waals surface area contributed by atoms with Crippen molar-refractivity contribution in [3.8, 4) is 0 Å². The van der Waals surface area contributed by atoms with E-state index in [2.05, 4.69) is 13.5 Å². The minimum atomic E-state index is 0.686. The number of unbranched alkanes of at least 4 members (excludes halogenated alkanes) is 1. The molecule has 0 aromatic rings. The fraction of sp³-hybridized carbons (Fsp3) is 0.538. The van der Waals surface area contributed by atoms with E-state index in [9.17, 15) is 0 Å². The molecule has 0 rings (SSSR count). The maximum Gasteiger partial charge on any atom is 0.0956 e. The van der Waals surface area contributed by atoms with Crippen LogP contribution in [0.25, 0.3) is 0 Å². The molecule has 0 fully saturated rings. The maximum atomic E-state index is 5.22. The zero-order valence-electron chi connectivity index (χ0n) is 9.87. The van der Waals surface area contributed by atoms with E-state index in [1.165, 1.54) is 6.42 Å². The third kappa shape index (κ3) is 9.13. The predicted molar refractivity (Wildman–Crippen MR) is 64.5 cm³/mol. The van der Waals surface area contributed by atoms with E-state index in [1.807, 2.05) is 18.2 Å². The normalized spacial score (nSPS) is 11.7. The average Bonchev–Trinajstić information content (AvgIpc) is 2.27. The molecule has 0 atom stereocenters. The summed E-state index contributed by atoms with van der Waals surface area (Å²) in [5, 5.41) is 0. The summed E-state index contributed by atoms with van der Waals surface area (Å²) in [6.45, 7) is 6.47. The molecule has 2 nitrogen and oxygen atoms in total. The van der Waals surface area contributed by atoms with Crippen molar-refractivity contribution in [1.29, 1.82) is 0 Å². The molecule has 0 bridgehead atoms. The molecule has 0 aromatic carbocycles. The van der Waals surface area contributed by atoms with Crippen molar-refractivity contribution in [3.63, 3.8) is 0 Å². The Bertz CT molecular complexity index is 205. The van der Waals surface area contributed by atoms with Crippen molar-refractivity contribution < 1.29 is 9.47 Å². The van der Waals surface area contributed by atoms with Crippen molar-refractivity contribution >= 4 is 0 Å². The lowest BCUT2D eigenvalue weighted by Crippen LogP contribution is -1.86. The summed E-state index contributed by atoms with van der Waals surface area (Å²) in [4.78, 5) is 0. The number of allylic oxidation sites excluding steroid dienone is 3. The Balaban J connectivity index is 3.72. The molecule has 0 aliphatic rings. The smallest absolute Gasteiger partial charge is 0.0956 e. The Hall–Kier alpha value is -1.18. The van der Waals surface area contributed by atoms with Gasteiger partial charge in [-0.25, -0.2) is 0 Å². The molecule has 0 saturated heterocycles. The van der Waals surface area contributed by atoms with Crippen molar-refractivity contribution in [2.24, 2.45) is 0 Å². The van der Waals surface area contributed by atoms with E-state index in [1.54, 1.807) is 13.4 Å². The third-order valence-corrected chi connectivity index (χ3v) is 1.94. The second-order valence-corrected chi connectivity index (χ2v) is 3.22. The van der Waals surface area contributed by atoms with Crippen LogP contribution in [0, 0.1) is 0 Å². The van der Waals surface area contributed by atoms with E-state index in [4.69, 9.17) is 9.47 Å². The van der Waals surface area contributed by atoms with Gasteiger partial charge >= 0.3 is 0 Å². The van der Waals surface area contributed by atoms with Gasteiger partial charge in [0.1, 0.15) is 0 Å². The van der Waals surface area contributed by atoms with Gasteiger partial charge in [-0.2, -0.15) is 0 Å². The third-order valence-electron chi connectivity index (χ3n) is 1.94. The van der Waals surface area contributed by atoms with Gasteiger partial charge in [0.2, 0.25) is 0 Å². The molecule has 15 heavy (non-hydrogen) atoms. The van der Waals surface area contributed by atoms with Gasteiger partial charge in [-0.1, -0.05) is 19.4 Å². The average molecular weight is 210 g/mol. The van der Waals surface area contributed by atoms with Crippen LogP contribution in [0.15, 0.2) is 36.8 Å². The number of hydrogen-bond donors (Lipinski definition) is 0. The van der Waals surface area contributed by atoms with Crippen LogP contribution in [-0.4, -0.2) is 13.7 Å². The quantitative estimate of drug-likeness (QED) is 0.249. The highest BCUT2D eigenvalue weighted by Gasteiger charge is 1.92. The molecule has 0 spiro atoms. The maximum absolute atomic E-state index is 5.22. The molecule has 0 N–H and O–H groups in total. The summed E-state index contributed by atoms with van der Waals surface area (Å²) in [5.74, 6) is 1.00. The molecule has 0 amide bonds. The summed E-state index contributed by atoms with van der Waals surface area (Å²) in [7, 11) is 1.70. The summed E-state index contributed by atoms with van der Waals surface area (Å²) < 4.78 is 10.4. The monoisotopic (exact) mass is 210 g/mol.